The molecule has 0 aromatic heterocycles. The largest absolute Gasteiger partial charge is 0.496 e. The van der Waals surface area contributed by atoms with E-state index >= 15 is 0 Å². The Labute approximate surface area is 100 Å². The minimum Gasteiger partial charge on any atom is -0.496 e. The Kier molecular flexibility index (Phi) is 3.30. The second kappa shape index (κ2) is 4.55. The van der Waals surface area contributed by atoms with Gasteiger partial charge in [0, 0.05) is 28.2 Å². The van der Waals surface area contributed by atoms with Crippen molar-refractivity contribution in [1.82, 2.24) is 0 Å². The Balaban J connectivity index is 2.57. The van der Waals surface area contributed by atoms with Crippen LogP contribution in [-0.4, -0.2) is 19.5 Å². The first-order valence-corrected chi connectivity index (χ1v) is 6.34. The fourth-order valence-electron chi connectivity index (χ4n) is 2.06. The normalized spacial score (nSPS) is 23.8. The van der Waals surface area contributed by atoms with Crippen molar-refractivity contribution < 1.29 is 9.47 Å². The molecule has 0 saturated heterocycles. The summed E-state index contributed by atoms with van der Waals surface area (Å²) < 4.78 is 10.8. The molecule has 2 rings (SSSR count). The van der Waals surface area contributed by atoms with Crippen LogP contribution in [0.4, 0.5) is 0 Å². The first-order valence-electron chi connectivity index (χ1n) is 5.30. The van der Waals surface area contributed by atoms with Gasteiger partial charge < -0.3 is 15.2 Å². The first-order chi connectivity index (χ1) is 7.69. The molecule has 3 nitrogen and oxygen atoms in total. The monoisotopic (exact) mass is 239 g/mol. The SMILES string of the molecule is COc1ccc(OC)c2c1CSC(C)C2N. The van der Waals surface area contributed by atoms with E-state index in [1.54, 1.807) is 14.2 Å². The number of thioether (sulfide) groups is 1. The van der Waals surface area contributed by atoms with Crippen LogP contribution in [-0.2, 0) is 5.75 Å². The molecule has 0 bridgehead atoms. The van der Waals surface area contributed by atoms with Crippen LogP contribution in [0.15, 0.2) is 12.1 Å². The van der Waals surface area contributed by atoms with E-state index in [4.69, 9.17) is 15.2 Å². The molecule has 2 N–H and O–H groups in total. The smallest absolute Gasteiger partial charge is 0.124 e. The standard InChI is InChI=1S/C12H17NO2S/c1-7-12(13)11-8(6-16-7)9(14-2)4-5-10(11)15-3/h4-5,7,12H,6,13H2,1-3H3. The van der Waals surface area contributed by atoms with Crippen LogP contribution in [0, 0.1) is 0 Å². The zero-order valence-corrected chi connectivity index (χ0v) is 10.6. The quantitative estimate of drug-likeness (QED) is 0.860. The predicted octanol–water partition coefficient (Wildman–Crippen LogP) is 2.34. The lowest BCUT2D eigenvalue weighted by molar-refractivity contribution is 0.391. The zero-order valence-electron chi connectivity index (χ0n) is 9.82. The van der Waals surface area contributed by atoms with Gasteiger partial charge in [0.1, 0.15) is 11.5 Å². The van der Waals surface area contributed by atoms with Crippen molar-refractivity contribution in [3.8, 4) is 11.5 Å². The van der Waals surface area contributed by atoms with Gasteiger partial charge in [-0.15, -0.1) is 0 Å². The summed E-state index contributed by atoms with van der Waals surface area (Å²) >= 11 is 1.86. The molecule has 1 aromatic rings. The molecule has 1 heterocycles. The summed E-state index contributed by atoms with van der Waals surface area (Å²) in [5, 5.41) is 0.411. The van der Waals surface area contributed by atoms with Gasteiger partial charge in [0.15, 0.2) is 0 Å². The lowest BCUT2D eigenvalue weighted by Crippen LogP contribution is -2.27. The highest BCUT2D eigenvalue weighted by molar-refractivity contribution is 7.99. The first kappa shape index (κ1) is 11.6. The highest BCUT2D eigenvalue weighted by atomic mass is 32.2. The van der Waals surface area contributed by atoms with E-state index in [1.807, 2.05) is 23.9 Å². The molecule has 0 radical (unpaired) electrons. The summed E-state index contributed by atoms with van der Waals surface area (Å²) in [5.74, 6) is 2.71. The van der Waals surface area contributed by atoms with Gasteiger partial charge in [0.2, 0.25) is 0 Å². The maximum Gasteiger partial charge on any atom is 0.124 e. The average molecular weight is 239 g/mol. The highest BCUT2D eigenvalue weighted by Crippen LogP contribution is 2.44. The predicted molar refractivity (Wildman–Crippen MR) is 67.2 cm³/mol. The van der Waals surface area contributed by atoms with E-state index < -0.39 is 0 Å². The van der Waals surface area contributed by atoms with Crippen LogP contribution < -0.4 is 15.2 Å². The van der Waals surface area contributed by atoms with Crippen molar-refractivity contribution >= 4 is 11.8 Å². The third-order valence-electron chi connectivity index (χ3n) is 3.04. The second-order valence-electron chi connectivity index (χ2n) is 3.90. The molecule has 0 aliphatic carbocycles. The van der Waals surface area contributed by atoms with E-state index in [-0.39, 0.29) is 6.04 Å². The minimum atomic E-state index is 0.0128. The van der Waals surface area contributed by atoms with Crippen LogP contribution in [0.25, 0.3) is 0 Å². The van der Waals surface area contributed by atoms with Crippen LogP contribution in [0.3, 0.4) is 0 Å². The third-order valence-corrected chi connectivity index (χ3v) is 4.32. The molecule has 0 spiro atoms. The van der Waals surface area contributed by atoms with Gasteiger partial charge in [-0.25, -0.2) is 0 Å². The Morgan fingerprint density at radius 1 is 1.25 bits per heavy atom. The fraction of sp³-hybridized carbons (Fsp3) is 0.500. The summed E-state index contributed by atoms with van der Waals surface area (Å²) in [7, 11) is 3.37. The Hall–Kier alpha value is -0.870. The molecule has 88 valence electrons. The van der Waals surface area contributed by atoms with E-state index in [0.29, 0.717) is 5.25 Å². The van der Waals surface area contributed by atoms with Crippen molar-refractivity contribution in [3.63, 3.8) is 0 Å². The lowest BCUT2D eigenvalue weighted by Gasteiger charge is -2.30. The molecular weight excluding hydrogens is 222 g/mol. The molecule has 2 atom stereocenters. The number of benzene rings is 1. The zero-order chi connectivity index (χ0) is 11.7. The Bertz CT molecular complexity index is 395. The molecule has 4 heteroatoms. The number of nitrogens with two attached hydrogens (primary N) is 1. The molecular formula is C12H17NO2S. The number of hydrogen-bond acceptors (Lipinski definition) is 4. The molecule has 1 aliphatic heterocycles. The molecule has 2 unspecified atom stereocenters. The Morgan fingerprint density at radius 3 is 2.50 bits per heavy atom. The third kappa shape index (κ3) is 1.76. The van der Waals surface area contributed by atoms with E-state index in [9.17, 15) is 0 Å². The Morgan fingerprint density at radius 2 is 1.88 bits per heavy atom. The molecule has 0 saturated carbocycles. The van der Waals surface area contributed by atoms with Crippen molar-refractivity contribution in [1.29, 1.82) is 0 Å². The van der Waals surface area contributed by atoms with Crippen LogP contribution in [0.1, 0.15) is 24.1 Å². The molecule has 0 fully saturated rings. The highest BCUT2D eigenvalue weighted by Gasteiger charge is 2.29. The summed E-state index contributed by atoms with van der Waals surface area (Å²) in [6.07, 6.45) is 0. The van der Waals surface area contributed by atoms with Crippen molar-refractivity contribution in [2.45, 2.75) is 24.0 Å². The maximum atomic E-state index is 6.23. The second-order valence-corrected chi connectivity index (χ2v) is 5.27. The number of ether oxygens (including phenoxy) is 2. The van der Waals surface area contributed by atoms with Gasteiger partial charge in [-0.05, 0) is 12.1 Å². The number of fused-ring (bicyclic) bond motifs is 1. The van der Waals surface area contributed by atoms with E-state index in [1.165, 1.54) is 5.56 Å². The molecule has 16 heavy (non-hydrogen) atoms. The fourth-order valence-corrected chi connectivity index (χ4v) is 3.13. The van der Waals surface area contributed by atoms with E-state index in [2.05, 4.69) is 6.92 Å². The topological polar surface area (TPSA) is 44.5 Å². The maximum absolute atomic E-state index is 6.23. The van der Waals surface area contributed by atoms with Crippen molar-refractivity contribution in [2.75, 3.05) is 14.2 Å². The van der Waals surface area contributed by atoms with Crippen LogP contribution in [0.2, 0.25) is 0 Å². The lowest BCUT2D eigenvalue weighted by atomic mass is 9.97. The summed E-state index contributed by atoms with van der Waals surface area (Å²) in [6, 6.07) is 3.89. The number of rotatable bonds is 2. The molecule has 1 aliphatic rings. The van der Waals surface area contributed by atoms with Crippen LogP contribution >= 0.6 is 11.8 Å². The van der Waals surface area contributed by atoms with Gasteiger partial charge in [-0.3, -0.25) is 0 Å². The number of methoxy groups -OCH3 is 2. The molecule has 0 amide bonds. The van der Waals surface area contributed by atoms with Gasteiger partial charge in [-0.1, -0.05) is 6.92 Å². The van der Waals surface area contributed by atoms with Crippen molar-refractivity contribution in [3.05, 3.63) is 23.3 Å². The minimum absolute atomic E-state index is 0.0128. The summed E-state index contributed by atoms with van der Waals surface area (Å²) in [4.78, 5) is 0. The van der Waals surface area contributed by atoms with Gasteiger partial charge >= 0.3 is 0 Å². The molecule has 1 aromatic carbocycles. The van der Waals surface area contributed by atoms with Gasteiger partial charge in [0.05, 0.1) is 14.2 Å². The van der Waals surface area contributed by atoms with Gasteiger partial charge in [0.25, 0.3) is 0 Å². The average Bonchev–Trinajstić information content (AvgIpc) is 2.32. The van der Waals surface area contributed by atoms with Crippen molar-refractivity contribution in [2.24, 2.45) is 5.73 Å². The van der Waals surface area contributed by atoms with E-state index in [0.717, 1.165) is 22.8 Å². The van der Waals surface area contributed by atoms with Gasteiger partial charge in [-0.2, -0.15) is 11.8 Å². The summed E-state index contributed by atoms with van der Waals surface area (Å²) in [6.45, 7) is 2.15. The summed E-state index contributed by atoms with van der Waals surface area (Å²) in [5.41, 5.74) is 8.52. The number of hydrogen-bond donors (Lipinski definition) is 1. The van der Waals surface area contributed by atoms with Crippen LogP contribution in [0.5, 0.6) is 11.5 Å².